The zero-order valence-electron chi connectivity index (χ0n) is 19.5. The van der Waals surface area contributed by atoms with Gasteiger partial charge in [-0.15, -0.1) is 5.10 Å². The van der Waals surface area contributed by atoms with Crippen molar-refractivity contribution in [1.29, 1.82) is 0 Å². The van der Waals surface area contributed by atoms with E-state index in [0.717, 1.165) is 16.6 Å². The van der Waals surface area contributed by atoms with Crippen LogP contribution in [0.15, 0.2) is 71.9 Å². The largest absolute Gasteiger partial charge is 0.424 e. The molecule has 0 saturated carbocycles. The maximum absolute atomic E-state index is 13.2. The fourth-order valence-electron chi connectivity index (χ4n) is 4.03. The van der Waals surface area contributed by atoms with Gasteiger partial charge < -0.3 is 9.72 Å². The summed E-state index contributed by atoms with van der Waals surface area (Å²) in [7, 11) is -3.88. The summed E-state index contributed by atoms with van der Waals surface area (Å²) in [5, 5.41) is 13.7. The van der Waals surface area contributed by atoms with Gasteiger partial charge in [0.25, 0.3) is 0 Å². The van der Waals surface area contributed by atoms with Crippen LogP contribution in [0.2, 0.25) is 0 Å². The average molecular weight is 492 g/mol. The Kier molecular flexibility index (Phi) is 5.87. The van der Waals surface area contributed by atoms with E-state index in [1.165, 1.54) is 6.20 Å². The molecule has 0 unspecified atom stereocenters. The lowest BCUT2D eigenvalue weighted by molar-refractivity contribution is 0.408. The van der Waals surface area contributed by atoms with Crippen LogP contribution >= 0.6 is 0 Å². The summed E-state index contributed by atoms with van der Waals surface area (Å²) >= 11 is 0. The topological polar surface area (TPSA) is 120 Å². The van der Waals surface area contributed by atoms with Crippen LogP contribution in [0.25, 0.3) is 16.6 Å². The second-order valence-corrected chi connectivity index (χ2v) is 9.78. The first-order valence-electron chi connectivity index (χ1n) is 11.2. The molecule has 35 heavy (non-hydrogen) atoms. The lowest BCUT2D eigenvalue weighted by atomic mass is 10.2. The van der Waals surface area contributed by atoms with Gasteiger partial charge in [-0.1, -0.05) is 23.3 Å². The number of nitrogens with zero attached hydrogens (tertiary/aromatic N) is 5. The Bertz CT molecular complexity index is 1590. The van der Waals surface area contributed by atoms with Crippen LogP contribution in [0.3, 0.4) is 0 Å². The number of fused-ring (bicyclic) bond motifs is 1. The number of rotatable bonds is 8. The summed E-state index contributed by atoms with van der Waals surface area (Å²) in [6.07, 6.45) is 3.22. The predicted molar refractivity (Wildman–Crippen MR) is 131 cm³/mol. The molecule has 0 fully saturated rings. The van der Waals surface area contributed by atoms with Crippen molar-refractivity contribution in [3.63, 3.8) is 0 Å². The van der Waals surface area contributed by atoms with Crippen molar-refractivity contribution in [3.8, 4) is 17.4 Å². The molecule has 3 heterocycles. The van der Waals surface area contributed by atoms with E-state index in [1.54, 1.807) is 23.1 Å². The molecule has 11 heteroatoms. The molecule has 10 nitrogen and oxygen atoms in total. The van der Waals surface area contributed by atoms with Crippen molar-refractivity contribution >= 4 is 20.9 Å². The first-order valence-corrected chi connectivity index (χ1v) is 12.7. The number of sulfonamides is 1. The van der Waals surface area contributed by atoms with Gasteiger partial charge in [-0.2, -0.15) is 5.10 Å². The van der Waals surface area contributed by atoms with Gasteiger partial charge in [0.15, 0.2) is 5.82 Å². The Labute approximate surface area is 202 Å². The molecule has 2 N–H and O–H groups in total. The molecule has 3 aromatic heterocycles. The van der Waals surface area contributed by atoms with E-state index in [9.17, 15) is 8.42 Å². The summed E-state index contributed by atoms with van der Waals surface area (Å²) in [6.45, 7) is 5.86. The highest BCUT2D eigenvalue weighted by Crippen LogP contribution is 2.27. The van der Waals surface area contributed by atoms with Gasteiger partial charge in [-0.25, -0.2) is 17.8 Å². The Morgan fingerprint density at radius 2 is 1.91 bits per heavy atom. The van der Waals surface area contributed by atoms with E-state index in [4.69, 9.17) is 4.74 Å². The van der Waals surface area contributed by atoms with Crippen LogP contribution in [0.1, 0.15) is 31.4 Å². The van der Waals surface area contributed by atoms with Crippen molar-refractivity contribution < 1.29 is 13.2 Å². The molecule has 0 spiro atoms. The molecule has 0 amide bonds. The molecule has 0 bridgehead atoms. The maximum Gasteiger partial charge on any atom is 0.322 e. The fourth-order valence-corrected chi connectivity index (χ4v) is 5.38. The van der Waals surface area contributed by atoms with E-state index in [0.29, 0.717) is 23.8 Å². The van der Waals surface area contributed by atoms with Crippen LogP contribution in [-0.4, -0.2) is 37.9 Å². The summed E-state index contributed by atoms with van der Waals surface area (Å²) in [6, 6.07) is 16.7. The van der Waals surface area contributed by atoms with Crippen LogP contribution < -0.4 is 9.46 Å². The normalized spacial score (nSPS) is 12.8. The van der Waals surface area contributed by atoms with E-state index in [-0.39, 0.29) is 10.9 Å². The Morgan fingerprint density at radius 1 is 1.11 bits per heavy atom. The highest BCUT2D eigenvalue weighted by Gasteiger charge is 2.27. The number of aromatic amines is 1. The van der Waals surface area contributed by atoms with E-state index >= 15 is 0 Å². The third-order valence-electron chi connectivity index (χ3n) is 5.77. The zero-order valence-corrected chi connectivity index (χ0v) is 20.3. The number of nitrogens with one attached hydrogen (secondary N) is 2. The molecular weight excluding hydrogens is 466 g/mol. The Balaban J connectivity index is 1.38. The first kappa shape index (κ1) is 22.8. The molecule has 0 aliphatic rings. The minimum atomic E-state index is -3.88. The Hall–Kier alpha value is -3.96. The van der Waals surface area contributed by atoms with E-state index in [2.05, 4.69) is 25.0 Å². The fraction of sp³-hybridized carbons (Fsp3) is 0.208. The van der Waals surface area contributed by atoms with Crippen LogP contribution in [0, 0.1) is 6.92 Å². The predicted octanol–water partition coefficient (Wildman–Crippen LogP) is 4.11. The molecular formula is C24H25N7O3S. The molecule has 5 aromatic rings. The minimum absolute atomic E-state index is 0.103. The minimum Gasteiger partial charge on any atom is -0.424 e. The first-order chi connectivity index (χ1) is 16.9. The number of aromatic nitrogens is 6. The second kappa shape index (κ2) is 9.01. The summed E-state index contributed by atoms with van der Waals surface area (Å²) < 4.78 is 38.5. The van der Waals surface area contributed by atoms with Gasteiger partial charge in [-0.3, -0.25) is 4.57 Å². The highest BCUT2D eigenvalue weighted by atomic mass is 32.2. The molecule has 0 radical (unpaired) electrons. The number of para-hydroxylation sites is 1. The molecule has 0 saturated heterocycles. The number of ether oxygens (including phenoxy) is 1. The lowest BCUT2D eigenvalue weighted by Gasteiger charge is -2.15. The quantitative estimate of drug-likeness (QED) is 0.337. The lowest BCUT2D eigenvalue weighted by Crippen LogP contribution is -2.29. The number of hydrogen-bond acceptors (Lipinski definition) is 6. The Morgan fingerprint density at radius 3 is 2.69 bits per heavy atom. The highest BCUT2D eigenvalue weighted by molar-refractivity contribution is 7.89. The van der Waals surface area contributed by atoms with E-state index < -0.39 is 16.1 Å². The van der Waals surface area contributed by atoms with Crippen molar-refractivity contribution in [1.82, 2.24) is 34.3 Å². The van der Waals surface area contributed by atoms with Gasteiger partial charge in [0.2, 0.25) is 10.0 Å². The van der Waals surface area contributed by atoms with Gasteiger partial charge in [0.1, 0.15) is 10.6 Å². The molecule has 5 rings (SSSR count). The number of benzene rings is 2. The van der Waals surface area contributed by atoms with Crippen LogP contribution in [-0.2, 0) is 16.6 Å². The molecule has 2 aromatic carbocycles. The van der Waals surface area contributed by atoms with Crippen molar-refractivity contribution in [2.45, 2.75) is 38.3 Å². The van der Waals surface area contributed by atoms with Crippen LogP contribution in [0.4, 0.5) is 0 Å². The van der Waals surface area contributed by atoms with Crippen LogP contribution in [0.5, 0.6) is 11.8 Å². The summed E-state index contributed by atoms with van der Waals surface area (Å²) in [4.78, 5) is 3.25. The molecule has 180 valence electrons. The van der Waals surface area contributed by atoms with Gasteiger partial charge in [0, 0.05) is 24.3 Å². The third kappa shape index (κ3) is 4.31. The van der Waals surface area contributed by atoms with Crippen molar-refractivity contribution in [3.05, 3.63) is 78.5 Å². The van der Waals surface area contributed by atoms with Gasteiger partial charge in [-0.05, 0) is 56.5 Å². The van der Waals surface area contributed by atoms with Gasteiger partial charge >= 0.3 is 6.01 Å². The smallest absolute Gasteiger partial charge is 0.322 e. The SMILES string of the molecule is CCn1c(Oc2ccc3cc[nH]c3c2)nnc1[C@@H](C)NS(=O)(=O)c1cnn(-c2ccccc2)c1C. The third-order valence-corrected chi connectivity index (χ3v) is 7.42. The standard InChI is InChI=1S/C24H25N7O3S/c1-4-30-23(27-28-24(30)34-20-11-10-18-12-13-25-21(18)14-20)16(2)29-35(32,33)22-15-26-31(17(22)3)19-8-6-5-7-9-19/h5-16,25,29H,4H2,1-3H3/t16-/m1/s1. The van der Waals surface area contributed by atoms with Crippen molar-refractivity contribution in [2.24, 2.45) is 0 Å². The monoisotopic (exact) mass is 491 g/mol. The summed E-state index contributed by atoms with van der Waals surface area (Å²) in [5.74, 6) is 1.05. The van der Waals surface area contributed by atoms with E-state index in [1.807, 2.05) is 67.7 Å². The molecule has 1 atom stereocenters. The maximum atomic E-state index is 13.2. The number of H-pyrrole nitrogens is 1. The van der Waals surface area contributed by atoms with Gasteiger partial charge in [0.05, 0.1) is 23.6 Å². The summed E-state index contributed by atoms with van der Waals surface area (Å²) in [5.41, 5.74) is 2.24. The zero-order chi connectivity index (χ0) is 24.6. The molecule has 0 aliphatic heterocycles. The average Bonchev–Trinajstić information content (AvgIpc) is 3.57. The number of hydrogen-bond donors (Lipinski definition) is 2. The second-order valence-electron chi connectivity index (χ2n) is 8.10. The van der Waals surface area contributed by atoms with Crippen molar-refractivity contribution in [2.75, 3.05) is 0 Å². The molecule has 0 aliphatic carbocycles.